The summed E-state index contributed by atoms with van der Waals surface area (Å²) >= 11 is 0. The van der Waals surface area contributed by atoms with Crippen LogP contribution in [0.2, 0.25) is 0 Å². The molecule has 3 nitrogen and oxygen atoms in total. The van der Waals surface area contributed by atoms with Gasteiger partial charge in [-0.3, -0.25) is 4.40 Å². The fourth-order valence-electron chi connectivity index (χ4n) is 2.23. The van der Waals surface area contributed by atoms with Gasteiger partial charge in [-0.2, -0.15) is 5.26 Å². The molecule has 3 aromatic rings. The Morgan fingerprint density at radius 1 is 1.20 bits per heavy atom. The Morgan fingerprint density at radius 2 is 1.95 bits per heavy atom. The molecule has 4 heteroatoms. The van der Waals surface area contributed by atoms with E-state index in [1.807, 2.05) is 24.3 Å². The highest BCUT2D eigenvalue weighted by Crippen LogP contribution is 2.24. The Hall–Kier alpha value is -2.67. The molecule has 0 saturated carbocycles. The number of rotatable bonds is 2. The average Bonchev–Trinajstić information content (AvgIpc) is 2.85. The van der Waals surface area contributed by atoms with Gasteiger partial charge in [0.25, 0.3) is 0 Å². The van der Waals surface area contributed by atoms with Gasteiger partial charge in [0.15, 0.2) is 5.69 Å². The molecule has 2 aromatic heterocycles. The third-order valence-corrected chi connectivity index (χ3v) is 3.32. The number of pyridine rings is 1. The summed E-state index contributed by atoms with van der Waals surface area (Å²) in [6.07, 6.45) is 2.24. The van der Waals surface area contributed by atoms with Gasteiger partial charge in [-0.05, 0) is 24.1 Å². The van der Waals surface area contributed by atoms with Crippen LogP contribution in [-0.4, -0.2) is 9.38 Å². The van der Waals surface area contributed by atoms with E-state index in [0.717, 1.165) is 12.0 Å². The van der Waals surface area contributed by atoms with E-state index in [-0.39, 0.29) is 5.82 Å². The van der Waals surface area contributed by atoms with Crippen LogP contribution in [0.4, 0.5) is 4.39 Å². The first-order chi connectivity index (χ1) is 9.72. The first-order valence-corrected chi connectivity index (χ1v) is 6.40. The molecule has 2 heterocycles. The molecule has 1 aromatic carbocycles. The maximum atomic E-state index is 13.3. The topological polar surface area (TPSA) is 41.1 Å². The lowest BCUT2D eigenvalue weighted by Gasteiger charge is -2.00. The summed E-state index contributed by atoms with van der Waals surface area (Å²) in [5.74, 6) is -0.390. The van der Waals surface area contributed by atoms with Crippen LogP contribution >= 0.6 is 0 Å². The first-order valence-electron chi connectivity index (χ1n) is 6.40. The second-order valence-electron chi connectivity index (χ2n) is 4.55. The van der Waals surface area contributed by atoms with E-state index < -0.39 is 0 Å². The molecule has 0 radical (unpaired) electrons. The number of benzene rings is 1. The summed E-state index contributed by atoms with van der Waals surface area (Å²) in [6, 6.07) is 12.9. The number of halogens is 1. The zero-order valence-corrected chi connectivity index (χ0v) is 11.0. The van der Waals surface area contributed by atoms with Crippen molar-refractivity contribution in [1.29, 1.82) is 5.26 Å². The maximum absolute atomic E-state index is 13.3. The molecule has 20 heavy (non-hydrogen) atoms. The van der Waals surface area contributed by atoms with E-state index in [1.54, 1.807) is 6.07 Å². The van der Waals surface area contributed by atoms with Gasteiger partial charge in [-0.1, -0.05) is 31.2 Å². The molecule has 0 aliphatic carbocycles. The Morgan fingerprint density at radius 3 is 2.60 bits per heavy atom. The van der Waals surface area contributed by atoms with Crippen molar-refractivity contribution in [2.24, 2.45) is 0 Å². The molecule has 0 bridgehead atoms. The Balaban J connectivity index is 2.22. The van der Waals surface area contributed by atoms with Gasteiger partial charge in [0.1, 0.15) is 23.2 Å². The van der Waals surface area contributed by atoms with Crippen LogP contribution in [0, 0.1) is 17.1 Å². The van der Waals surface area contributed by atoms with Crippen LogP contribution < -0.4 is 0 Å². The van der Waals surface area contributed by atoms with Crippen LogP contribution in [-0.2, 0) is 6.42 Å². The largest absolute Gasteiger partial charge is 0.288 e. The number of imidazole rings is 1. The molecule has 0 aliphatic rings. The molecule has 3 rings (SSSR count). The predicted molar refractivity (Wildman–Crippen MR) is 74.7 cm³/mol. The normalized spacial score (nSPS) is 10.7. The Kier molecular flexibility index (Phi) is 2.96. The van der Waals surface area contributed by atoms with E-state index >= 15 is 0 Å². The van der Waals surface area contributed by atoms with Gasteiger partial charge in [0.2, 0.25) is 0 Å². The lowest BCUT2D eigenvalue weighted by atomic mass is 10.1. The van der Waals surface area contributed by atoms with Gasteiger partial charge in [-0.25, -0.2) is 9.37 Å². The average molecular weight is 265 g/mol. The molecule has 0 spiro atoms. The number of aryl methyl sites for hydroxylation is 1. The summed E-state index contributed by atoms with van der Waals surface area (Å²) in [4.78, 5) is 4.42. The highest BCUT2D eigenvalue weighted by Gasteiger charge is 2.14. The van der Waals surface area contributed by atoms with E-state index in [1.165, 1.54) is 22.2 Å². The highest BCUT2D eigenvalue weighted by atomic mass is 19.1. The zero-order chi connectivity index (χ0) is 14.1. The van der Waals surface area contributed by atoms with Crippen molar-refractivity contribution < 1.29 is 4.39 Å². The third-order valence-electron chi connectivity index (χ3n) is 3.32. The maximum Gasteiger partial charge on any atom is 0.152 e. The molecule has 0 unspecified atom stereocenters. The minimum Gasteiger partial charge on any atom is -0.288 e. The number of hydrogen-bond donors (Lipinski definition) is 0. The first kappa shape index (κ1) is 12.4. The molecule has 0 atom stereocenters. The zero-order valence-electron chi connectivity index (χ0n) is 11.0. The third kappa shape index (κ3) is 1.94. The smallest absolute Gasteiger partial charge is 0.152 e. The number of hydrogen-bond acceptors (Lipinski definition) is 2. The summed E-state index contributed by atoms with van der Waals surface area (Å²) < 4.78 is 14.8. The van der Waals surface area contributed by atoms with Crippen LogP contribution in [0.3, 0.4) is 0 Å². The molecule has 0 fully saturated rings. The molecular weight excluding hydrogens is 253 g/mol. The van der Waals surface area contributed by atoms with Gasteiger partial charge >= 0.3 is 0 Å². The van der Waals surface area contributed by atoms with Crippen molar-refractivity contribution in [2.75, 3.05) is 0 Å². The van der Waals surface area contributed by atoms with Crippen molar-refractivity contribution in [3.63, 3.8) is 0 Å². The number of nitrogens with zero attached hydrogens (tertiary/aromatic N) is 3. The van der Waals surface area contributed by atoms with Crippen LogP contribution in [0.25, 0.3) is 16.9 Å². The number of aromatic nitrogens is 2. The van der Waals surface area contributed by atoms with Gasteiger partial charge in [0, 0.05) is 11.8 Å². The molecule has 0 amide bonds. The Bertz CT molecular complexity index is 810. The molecule has 98 valence electrons. The van der Waals surface area contributed by atoms with E-state index in [4.69, 9.17) is 0 Å². The molecule has 0 N–H and O–H groups in total. The fraction of sp³-hybridized carbons (Fsp3) is 0.125. The van der Waals surface area contributed by atoms with Crippen molar-refractivity contribution in [3.8, 4) is 17.3 Å². The standard InChI is InChI=1S/C16H12FN3/c1-2-11-3-5-12(6-4-11)16-14(9-18)20-10-13(17)7-8-15(20)19-16/h3-8,10H,2H2,1H3. The van der Waals surface area contributed by atoms with Crippen molar-refractivity contribution in [3.05, 3.63) is 59.7 Å². The minimum absolute atomic E-state index is 0.351. The van der Waals surface area contributed by atoms with E-state index in [0.29, 0.717) is 17.0 Å². The van der Waals surface area contributed by atoms with Crippen molar-refractivity contribution in [2.45, 2.75) is 13.3 Å². The van der Waals surface area contributed by atoms with Gasteiger partial charge in [0.05, 0.1) is 0 Å². The van der Waals surface area contributed by atoms with Crippen molar-refractivity contribution >= 4 is 5.65 Å². The van der Waals surface area contributed by atoms with E-state index in [2.05, 4.69) is 18.0 Å². The second-order valence-corrected chi connectivity index (χ2v) is 4.55. The molecule has 0 aliphatic heterocycles. The fourth-order valence-corrected chi connectivity index (χ4v) is 2.23. The Labute approximate surface area is 115 Å². The van der Waals surface area contributed by atoms with Crippen molar-refractivity contribution in [1.82, 2.24) is 9.38 Å². The number of nitriles is 1. The highest BCUT2D eigenvalue weighted by molar-refractivity contribution is 5.69. The van der Waals surface area contributed by atoms with Crippen LogP contribution in [0.5, 0.6) is 0 Å². The van der Waals surface area contributed by atoms with Gasteiger partial charge in [-0.15, -0.1) is 0 Å². The number of fused-ring (bicyclic) bond motifs is 1. The summed E-state index contributed by atoms with van der Waals surface area (Å²) in [5, 5.41) is 9.33. The predicted octanol–water partition coefficient (Wildman–Crippen LogP) is 3.57. The molecule has 0 saturated heterocycles. The van der Waals surface area contributed by atoms with E-state index in [9.17, 15) is 9.65 Å². The monoisotopic (exact) mass is 265 g/mol. The lowest BCUT2D eigenvalue weighted by Crippen LogP contribution is -1.90. The molecular formula is C16H12FN3. The van der Waals surface area contributed by atoms with Crippen LogP contribution in [0.15, 0.2) is 42.6 Å². The van der Waals surface area contributed by atoms with Gasteiger partial charge < -0.3 is 0 Å². The quantitative estimate of drug-likeness (QED) is 0.710. The summed E-state index contributed by atoms with van der Waals surface area (Å²) in [6.45, 7) is 2.09. The van der Waals surface area contributed by atoms with Crippen LogP contribution in [0.1, 0.15) is 18.2 Å². The second kappa shape index (κ2) is 4.78. The minimum atomic E-state index is -0.390. The summed E-state index contributed by atoms with van der Waals surface area (Å²) in [5.41, 5.74) is 3.59. The SMILES string of the molecule is CCc1ccc(-c2nc3ccc(F)cn3c2C#N)cc1. The summed E-state index contributed by atoms with van der Waals surface area (Å²) in [7, 11) is 0. The lowest BCUT2D eigenvalue weighted by molar-refractivity contribution is 0.619.